The lowest BCUT2D eigenvalue weighted by atomic mass is 9.85. The van der Waals surface area contributed by atoms with Crippen LogP contribution in [0.25, 0.3) is 0 Å². The largest absolute Gasteiger partial charge is 0.385 e. The predicted octanol–water partition coefficient (Wildman–Crippen LogP) is 5.26. The van der Waals surface area contributed by atoms with E-state index in [0.717, 1.165) is 62.9 Å². The van der Waals surface area contributed by atoms with Crippen LogP contribution in [0.4, 0.5) is 11.6 Å². The van der Waals surface area contributed by atoms with Crippen molar-refractivity contribution in [2.24, 2.45) is 17.6 Å². The third-order valence-electron chi connectivity index (χ3n) is 7.54. The summed E-state index contributed by atoms with van der Waals surface area (Å²) in [4.78, 5) is 2.41. The molecule has 35 heavy (non-hydrogen) atoms. The quantitative estimate of drug-likeness (QED) is 0.362. The number of anilines is 2. The predicted molar refractivity (Wildman–Crippen MR) is 144 cm³/mol. The van der Waals surface area contributed by atoms with Gasteiger partial charge in [-0.1, -0.05) is 62.4 Å². The number of ether oxygens (including phenoxy) is 2. The summed E-state index contributed by atoms with van der Waals surface area (Å²) in [5.41, 5.74) is 7.43. The zero-order chi connectivity index (χ0) is 24.3. The van der Waals surface area contributed by atoms with Crippen molar-refractivity contribution in [1.82, 2.24) is 8.75 Å². The molecule has 1 aliphatic heterocycles. The van der Waals surface area contributed by atoms with E-state index < -0.39 is 0 Å². The van der Waals surface area contributed by atoms with E-state index in [4.69, 9.17) is 19.6 Å². The van der Waals surface area contributed by atoms with Gasteiger partial charge in [0.15, 0.2) is 11.6 Å². The molecule has 194 valence electrons. The number of piperidine rings is 1. The minimum Gasteiger partial charge on any atom is -0.385 e. The monoisotopic (exact) mass is 501 g/mol. The molecule has 1 saturated heterocycles. The molecule has 0 amide bonds. The summed E-state index contributed by atoms with van der Waals surface area (Å²) in [6, 6.07) is 10.9. The molecule has 1 saturated carbocycles. The number of hydrogen-bond donors (Lipinski definition) is 2. The van der Waals surface area contributed by atoms with Crippen LogP contribution in [-0.2, 0) is 9.47 Å². The molecule has 0 bridgehead atoms. The van der Waals surface area contributed by atoms with Gasteiger partial charge in [-0.15, -0.1) is 0 Å². The topological polar surface area (TPSA) is 85.5 Å². The third-order valence-corrected chi connectivity index (χ3v) is 8.06. The highest BCUT2D eigenvalue weighted by molar-refractivity contribution is 6.99. The van der Waals surface area contributed by atoms with Crippen LogP contribution in [0.1, 0.15) is 69.5 Å². The van der Waals surface area contributed by atoms with Gasteiger partial charge >= 0.3 is 0 Å². The molecule has 0 spiro atoms. The van der Waals surface area contributed by atoms with E-state index in [1.807, 2.05) is 0 Å². The van der Waals surface area contributed by atoms with E-state index in [2.05, 4.69) is 44.9 Å². The number of nitrogens with zero attached hydrogens (tertiary/aromatic N) is 3. The molecule has 4 rings (SSSR count). The van der Waals surface area contributed by atoms with Gasteiger partial charge in [-0.2, -0.15) is 8.75 Å². The Kier molecular flexibility index (Phi) is 10.6. The van der Waals surface area contributed by atoms with Gasteiger partial charge in [-0.25, -0.2) is 0 Å². The Morgan fingerprint density at radius 1 is 1.09 bits per heavy atom. The summed E-state index contributed by atoms with van der Waals surface area (Å²) in [5, 5.41) is 3.67. The van der Waals surface area contributed by atoms with Crippen molar-refractivity contribution in [3.05, 3.63) is 35.9 Å². The molecule has 2 aromatic rings. The van der Waals surface area contributed by atoms with Crippen LogP contribution in [0.5, 0.6) is 0 Å². The number of methoxy groups -OCH3 is 1. The summed E-state index contributed by atoms with van der Waals surface area (Å²) in [6.07, 6.45) is 11.1. The van der Waals surface area contributed by atoms with E-state index in [1.54, 1.807) is 7.11 Å². The molecule has 2 heterocycles. The Bertz CT molecular complexity index is 845. The van der Waals surface area contributed by atoms with E-state index in [0.29, 0.717) is 19.1 Å². The normalized spacial score (nSPS) is 21.1. The van der Waals surface area contributed by atoms with Crippen LogP contribution in [0.15, 0.2) is 30.3 Å². The lowest BCUT2D eigenvalue weighted by Gasteiger charge is -2.37. The van der Waals surface area contributed by atoms with Crippen molar-refractivity contribution in [3.63, 3.8) is 0 Å². The second kappa shape index (κ2) is 14.1. The molecular formula is C27H43N5O2S. The lowest BCUT2D eigenvalue weighted by Crippen LogP contribution is -2.39. The Hall–Kier alpha value is -1.74. The molecule has 1 aliphatic carbocycles. The molecule has 2 fully saturated rings. The fourth-order valence-corrected chi connectivity index (χ4v) is 6.26. The second-order valence-electron chi connectivity index (χ2n) is 10.1. The van der Waals surface area contributed by atoms with Crippen LogP contribution in [-0.4, -0.2) is 54.7 Å². The molecule has 1 aromatic heterocycles. The first kappa shape index (κ1) is 26.3. The maximum absolute atomic E-state index is 6.46. The Morgan fingerprint density at radius 3 is 2.69 bits per heavy atom. The molecule has 8 heteroatoms. The van der Waals surface area contributed by atoms with E-state index in [1.165, 1.54) is 49.4 Å². The average Bonchev–Trinajstić information content (AvgIpc) is 3.38. The van der Waals surface area contributed by atoms with Crippen molar-refractivity contribution in [3.8, 4) is 0 Å². The molecule has 0 radical (unpaired) electrons. The third kappa shape index (κ3) is 7.62. The van der Waals surface area contributed by atoms with Gasteiger partial charge in [0, 0.05) is 51.9 Å². The maximum Gasteiger partial charge on any atom is 0.186 e. The minimum absolute atomic E-state index is 0.0713. The molecule has 2 aliphatic rings. The van der Waals surface area contributed by atoms with Crippen LogP contribution < -0.4 is 16.0 Å². The number of hydrogen-bond acceptors (Lipinski definition) is 8. The minimum atomic E-state index is 0.0713. The van der Waals surface area contributed by atoms with Gasteiger partial charge in [0.2, 0.25) is 0 Å². The summed E-state index contributed by atoms with van der Waals surface area (Å²) < 4.78 is 21.1. The van der Waals surface area contributed by atoms with Crippen molar-refractivity contribution >= 4 is 23.4 Å². The number of aromatic nitrogens is 2. The summed E-state index contributed by atoms with van der Waals surface area (Å²) in [5.74, 6) is 3.06. The van der Waals surface area contributed by atoms with Crippen molar-refractivity contribution in [2.45, 2.75) is 69.9 Å². The van der Waals surface area contributed by atoms with E-state index >= 15 is 0 Å². The van der Waals surface area contributed by atoms with Crippen LogP contribution >= 0.6 is 11.7 Å². The Morgan fingerprint density at radius 2 is 1.91 bits per heavy atom. The zero-order valence-corrected chi connectivity index (χ0v) is 22.1. The van der Waals surface area contributed by atoms with Gasteiger partial charge in [0.1, 0.15) is 0 Å². The fourth-order valence-electron chi connectivity index (χ4n) is 5.73. The van der Waals surface area contributed by atoms with Crippen molar-refractivity contribution < 1.29 is 9.47 Å². The molecule has 1 aromatic carbocycles. The lowest BCUT2D eigenvalue weighted by molar-refractivity contribution is -0.00237. The van der Waals surface area contributed by atoms with Crippen molar-refractivity contribution in [2.75, 3.05) is 50.2 Å². The average molecular weight is 502 g/mol. The van der Waals surface area contributed by atoms with E-state index in [9.17, 15) is 0 Å². The molecule has 3 N–H and O–H groups in total. The first-order chi connectivity index (χ1) is 17.3. The summed E-state index contributed by atoms with van der Waals surface area (Å²) >= 11 is 1.29. The van der Waals surface area contributed by atoms with Gasteiger partial charge < -0.3 is 25.4 Å². The molecule has 7 nitrogen and oxygen atoms in total. The zero-order valence-electron chi connectivity index (χ0n) is 21.2. The summed E-state index contributed by atoms with van der Waals surface area (Å²) in [7, 11) is 1.74. The van der Waals surface area contributed by atoms with Gasteiger partial charge in [-0.3, -0.25) is 0 Å². The summed E-state index contributed by atoms with van der Waals surface area (Å²) in [6.45, 7) is 3.97. The van der Waals surface area contributed by atoms with E-state index in [-0.39, 0.29) is 12.1 Å². The van der Waals surface area contributed by atoms with Gasteiger partial charge in [0.05, 0.1) is 17.8 Å². The van der Waals surface area contributed by atoms with Crippen molar-refractivity contribution in [1.29, 1.82) is 0 Å². The molecule has 3 atom stereocenters. The Balaban J connectivity index is 1.42. The van der Waals surface area contributed by atoms with Crippen LogP contribution in [0, 0.1) is 11.8 Å². The second-order valence-corrected chi connectivity index (χ2v) is 10.7. The first-order valence-corrected chi connectivity index (χ1v) is 14.2. The number of nitrogens with two attached hydrogens (primary N) is 1. The number of benzene rings is 1. The highest BCUT2D eigenvalue weighted by Gasteiger charge is 2.31. The smallest absolute Gasteiger partial charge is 0.186 e. The first-order valence-electron chi connectivity index (χ1n) is 13.5. The molecular weight excluding hydrogens is 458 g/mol. The maximum atomic E-state index is 6.46. The van der Waals surface area contributed by atoms with Gasteiger partial charge in [-0.05, 0) is 37.2 Å². The number of rotatable bonds is 13. The fraction of sp³-hybridized carbons (Fsp3) is 0.704. The van der Waals surface area contributed by atoms with Gasteiger partial charge in [0.25, 0.3) is 0 Å². The standard InChI is InChI=1S/C27H43N5O2S/c1-33-16-9-17-34-25(22-12-6-3-7-13-22)23-14-8-15-32(20-23)27-26(30-35-31-27)29-24(19-28)18-21-10-4-2-5-11-21/h3,6-7,12-13,21,23-25H,2,4-5,8-11,14-20,28H2,1H3,(H,29,30)/t23?,24?,25-/m0/s1. The van der Waals surface area contributed by atoms with Crippen LogP contribution in [0.3, 0.4) is 0 Å². The SMILES string of the molecule is COCCCO[C@@H](c1ccccc1)C1CCCN(c2nsnc2NC(CN)CC2CCCCC2)C1. The Labute approximate surface area is 215 Å². The number of nitrogens with one attached hydrogen (secondary N) is 1. The van der Waals surface area contributed by atoms with Crippen LogP contribution in [0.2, 0.25) is 0 Å². The highest BCUT2D eigenvalue weighted by Crippen LogP contribution is 2.36. The highest BCUT2D eigenvalue weighted by atomic mass is 32.1. The molecule has 2 unspecified atom stereocenters.